The van der Waals surface area contributed by atoms with Crippen LogP contribution < -0.4 is 0 Å². The van der Waals surface area contributed by atoms with Crippen molar-refractivity contribution < 1.29 is 28.0 Å². The summed E-state index contributed by atoms with van der Waals surface area (Å²) in [6.07, 6.45) is -3.40. The second-order valence-electron chi connectivity index (χ2n) is 3.29. The van der Waals surface area contributed by atoms with Crippen molar-refractivity contribution in [3.05, 3.63) is 43.9 Å². The minimum absolute atomic E-state index is 0.125. The van der Waals surface area contributed by atoms with Crippen LogP contribution in [0.2, 0.25) is 0 Å². The van der Waals surface area contributed by atoms with Gasteiger partial charge in [-0.2, -0.15) is 13.2 Å². The van der Waals surface area contributed by atoms with Crippen LogP contribution in [0, 0.1) is 10.1 Å². The molecule has 0 aliphatic heterocycles. The van der Waals surface area contributed by atoms with Crippen molar-refractivity contribution in [3.8, 4) is 0 Å². The highest BCUT2D eigenvalue weighted by atomic mass is 79.9. The zero-order valence-electron chi connectivity index (χ0n) is 8.94. The van der Waals surface area contributed by atoms with Crippen LogP contribution in [0.4, 0.5) is 18.9 Å². The number of hydrogen-bond donors (Lipinski definition) is 1. The number of carboxylic acid groups (broad SMARTS) is 1. The van der Waals surface area contributed by atoms with Crippen LogP contribution in [-0.4, -0.2) is 16.0 Å². The summed E-state index contributed by atoms with van der Waals surface area (Å²) in [4.78, 5) is 19.7. The molecule has 0 saturated carbocycles. The van der Waals surface area contributed by atoms with E-state index >= 15 is 0 Å². The van der Waals surface area contributed by atoms with E-state index in [4.69, 9.17) is 5.11 Å². The van der Waals surface area contributed by atoms with Crippen molar-refractivity contribution in [2.75, 3.05) is 0 Å². The van der Waals surface area contributed by atoms with Gasteiger partial charge in [0.2, 0.25) is 0 Å². The lowest BCUT2D eigenvalue weighted by atomic mass is 10.1. The lowest BCUT2D eigenvalue weighted by Gasteiger charge is -2.11. The van der Waals surface area contributed by atoms with E-state index in [9.17, 15) is 28.1 Å². The van der Waals surface area contributed by atoms with E-state index in [1.54, 1.807) is 0 Å². The standard InChI is InChI=1S/C10H5BrF3NO4/c11-9-5(2-4-7(16)17)1-3-6(15(18)19)8(9)10(12,13)14/h1-4H,(H,16,17)/b4-2+. The Morgan fingerprint density at radius 2 is 2.00 bits per heavy atom. The molecule has 0 spiro atoms. The molecule has 0 bridgehead atoms. The van der Waals surface area contributed by atoms with Gasteiger partial charge < -0.3 is 5.11 Å². The Labute approximate surface area is 112 Å². The first-order valence-electron chi connectivity index (χ1n) is 4.59. The second kappa shape index (κ2) is 5.39. The molecular formula is C10H5BrF3NO4. The maximum Gasteiger partial charge on any atom is 0.424 e. The van der Waals surface area contributed by atoms with Crippen LogP contribution >= 0.6 is 15.9 Å². The smallest absolute Gasteiger partial charge is 0.424 e. The van der Waals surface area contributed by atoms with Crippen LogP contribution in [0.3, 0.4) is 0 Å². The van der Waals surface area contributed by atoms with Gasteiger partial charge in [-0.15, -0.1) is 0 Å². The Balaban J connectivity index is 3.51. The highest BCUT2D eigenvalue weighted by Gasteiger charge is 2.41. The largest absolute Gasteiger partial charge is 0.478 e. The summed E-state index contributed by atoms with van der Waals surface area (Å²) in [6, 6.07) is 1.70. The molecule has 0 aliphatic carbocycles. The minimum atomic E-state index is -4.94. The average Bonchev–Trinajstić information content (AvgIpc) is 2.24. The zero-order valence-corrected chi connectivity index (χ0v) is 10.5. The second-order valence-corrected chi connectivity index (χ2v) is 4.08. The topological polar surface area (TPSA) is 80.4 Å². The van der Waals surface area contributed by atoms with E-state index in [0.717, 1.165) is 12.1 Å². The molecule has 19 heavy (non-hydrogen) atoms. The van der Waals surface area contributed by atoms with Crippen LogP contribution in [-0.2, 0) is 11.0 Å². The Kier molecular flexibility index (Phi) is 4.30. The van der Waals surface area contributed by atoms with Crippen molar-refractivity contribution in [1.29, 1.82) is 0 Å². The van der Waals surface area contributed by atoms with Gasteiger partial charge in [0.25, 0.3) is 5.69 Å². The van der Waals surface area contributed by atoms with Gasteiger partial charge >= 0.3 is 12.1 Å². The van der Waals surface area contributed by atoms with Crippen molar-refractivity contribution in [2.24, 2.45) is 0 Å². The van der Waals surface area contributed by atoms with Gasteiger partial charge in [0.15, 0.2) is 0 Å². The number of carboxylic acids is 1. The van der Waals surface area contributed by atoms with Gasteiger partial charge in [-0.25, -0.2) is 4.79 Å². The van der Waals surface area contributed by atoms with E-state index in [2.05, 4.69) is 15.9 Å². The molecule has 0 atom stereocenters. The molecule has 0 aliphatic rings. The van der Waals surface area contributed by atoms with Crippen molar-refractivity contribution in [2.45, 2.75) is 6.18 Å². The fraction of sp³-hybridized carbons (Fsp3) is 0.100. The molecule has 0 aromatic heterocycles. The van der Waals surface area contributed by atoms with Gasteiger partial charge in [-0.1, -0.05) is 0 Å². The first-order chi connectivity index (χ1) is 8.64. The third-order valence-electron chi connectivity index (χ3n) is 2.04. The number of nitrogens with zero attached hydrogens (tertiary/aromatic N) is 1. The van der Waals surface area contributed by atoms with E-state index in [0.29, 0.717) is 12.1 Å². The Hall–Kier alpha value is -1.90. The molecule has 0 heterocycles. The molecule has 1 N–H and O–H groups in total. The molecule has 0 fully saturated rings. The van der Waals surface area contributed by atoms with Gasteiger partial charge in [0.05, 0.1) is 4.92 Å². The lowest BCUT2D eigenvalue weighted by Crippen LogP contribution is -2.10. The van der Waals surface area contributed by atoms with E-state index in [1.165, 1.54) is 0 Å². The summed E-state index contributed by atoms with van der Waals surface area (Å²) in [5, 5.41) is 19.0. The summed E-state index contributed by atoms with van der Waals surface area (Å²) in [7, 11) is 0. The van der Waals surface area contributed by atoms with Crippen LogP contribution in [0.1, 0.15) is 11.1 Å². The predicted molar refractivity (Wildman–Crippen MR) is 62.5 cm³/mol. The van der Waals surface area contributed by atoms with Crippen molar-refractivity contribution in [1.82, 2.24) is 0 Å². The zero-order chi connectivity index (χ0) is 14.8. The maximum atomic E-state index is 12.8. The molecule has 9 heteroatoms. The molecule has 102 valence electrons. The van der Waals surface area contributed by atoms with E-state index < -0.39 is 32.8 Å². The number of aliphatic carboxylic acids is 1. The minimum Gasteiger partial charge on any atom is -0.478 e. The molecule has 0 unspecified atom stereocenters. The molecular weight excluding hydrogens is 335 g/mol. The number of nitro benzene ring substituents is 1. The molecule has 0 radical (unpaired) electrons. The first kappa shape index (κ1) is 15.2. The highest BCUT2D eigenvalue weighted by Crippen LogP contribution is 2.42. The summed E-state index contributed by atoms with van der Waals surface area (Å²) in [5.74, 6) is -1.35. The number of nitro groups is 1. The number of benzene rings is 1. The fourth-order valence-corrected chi connectivity index (χ4v) is 1.99. The van der Waals surface area contributed by atoms with Crippen LogP contribution in [0.5, 0.6) is 0 Å². The molecule has 5 nitrogen and oxygen atoms in total. The average molecular weight is 340 g/mol. The van der Waals surface area contributed by atoms with E-state index in [1.807, 2.05) is 0 Å². The van der Waals surface area contributed by atoms with E-state index in [-0.39, 0.29) is 5.56 Å². The molecule has 0 amide bonds. The molecule has 1 aromatic rings. The predicted octanol–water partition coefficient (Wildman–Crippen LogP) is 3.47. The number of hydrogen-bond acceptors (Lipinski definition) is 3. The highest BCUT2D eigenvalue weighted by molar-refractivity contribution is 9.10. The number of alkyl halides is 3. The quantitative estimate of drug-likeness (QED) is 0.519. The van der Waals surface area contributed by atoms with Crippen LogP contribution in [0.25, 0.3) is 6.08 Å². The first-order valence-corrected chi connectivity index (χ1v) is 5.39. The summed E-state index contributed by atoms with van der Waals surface area (Å²) >= 11 is 2.62. The third kappa shape index (κ3) is 3.53. The monoisotopic (exact) mass is 339 g/mol. The fourth-order valence-electron chi connectivity index (χ4n) is 1.29. The van der Waals surface area contributed by atoms with Crippen molar-refractivity contribution >= 4 is 33.7 Å². The summed E-state index contributed by atoms with van der Waals surface area (Å²) in [6.45, 7) is 0. The van der Waals surface area contributed by atoms with Gasteiger partial charge in [0.1, 0.15) is 5.56 Å². The number of carbonyl (C=O) groups is 1. The van der Waals surface area contributed by atoms with Gasteiger partial charge in [0, 0.05) is 16.6 Å². The van der Waals surface area contributed by atoms with Gasteiger partial charge in [-0.05, 0) is 33.6 Å². The lowest BCUT2D eigenvalue weighted by molar-refractivity contribution is -0.388. The summed E-state index contributed by atoms with van der Waals surface area (Å²) < 4.78 is 37.7. The number of halogens is 4. The summed E-state index contributed by atoms with van der Waals surface area (Å²) in [5.41, 5.74) is -2.68. The molecule has 0 saturated heterocycles. The number of rotatable bonds is 3. The third-order valence-corrected chi connectivity index (χ3v) is 2.89. The Morgan fingerprint density at radius 3 is 2.42 bits per heavy atom. The van der Waals surface area contributed by atoms with Gasteiger partial charge in [-0.3, -0.25) is 10.1 Å². The van der Waals surface area contributed by atoms with Crippen LogP contribution in [0.15, 0.2) is 22.7 Å². The molecule has 1 aromatic carbocycles. The normalized spacial score (nSPS) is 11.8. The molecule has 1 rings (SSSR count). The Bertz CT molecular complexity index is 569. The Morgan fingerprint density at radius 1 is 1.42 bits per heavy atom. The maximum absolute atomic E-state index is 12.8. The van der Waals surface area contributed by atoms with Crippen molar-refractivity contribution in [3.63, 3.8) is 0 Å². The SMILES string of the molecule is O=C(O)/C=C/c1ccc([N+](=O)[O-])c(C(F)(F)F)c1Br.